The van der Waals surface area contributed by atoms with Crippen LogP contribution in [-0.2, 0) is 11.2 Å². The van der Waals surface area contributed by atoms with Crippen LogP contribution in [-0.4, -0.2) is 17.6 Å². The minimum absolute atomic E-state index is 0.0941. The molecule has 1 saturated carbocycles. The van der Waals surface area contributed by atoms with Crippen LogP contribution in [0.25, 0.3) is 0 Å². The summed E-state index contributed by atoms with van der Waals surface area (Å²) in [6.45, 7) is 4.61. The Labute approximate surface area is 127 Å². The van der Waals surface area contributed by atoms with E-state index in [2.05, 4.69) is 19.2 Å². The van der Waals surface area contributed by atoms with Gasteiger partial charge in [-0.25, -0.2) is 0 Å². The van der Waals surface area contributed by atoms with Crippen molar-refractivity contribution in [3.63, 3.8) is 0 Å². The minimum Gasteiger partial charge on any atom is -0.396 e. The Hall–Kier alpha value is -1.35. The van der Waals surface area contributed by atoms with Gasteiger partial charge in [0.2, 0.25) is 5.91 Å². The molecule has 0 aliphatic heterocycles. The SMILES string of the molecule is CC1(C)CCCCC1C(=O)Nc1cccc(CCCO)c1. The number of rotatable bonds is 5. The Kier molecular flexibility index (Phi) is 5.40. The molecule has 1 fully saturated rings. The number of hydrogen-bond donors (Lipinski definition) is 2. The van der Waals surface area contributed by atoms with Crippen LogP contribution in [0, 0.1) is 11.3 Å². The molecular formula is C18H27NO2. The van der Waals surface area contributed by atoms with Crippen molar-refractivity contribution in [2.24, 2.45) is 11.3 Å². The number of benzene rings is 1. The average molecular weight is 289 g/mol. The molecule has 3 heteroatoms. The van der Waals surface area contributed by atoms with Gasteiger partial charge in [-0.1, -0.05) is 38.8 Å². The maximum Gasteiger partial charge on any atom is 0.228 e. The third-order valence-electron chi connectivity index (χ3n) is 4.64. The van der Waals surface area contributed by atoms with Crippen LogP contribution in [0.15, 0.2) is 24.3 Å². The second-order valence-electron chi connectivity index (χ2n) is 6.80. The first-order chi connectivity index (χ1) is 10.0. The molecule has 0 heterocycles. The molecule has 1 aliphatic rings. The monoisotopic (exact) mass is 289 g/mol. The normalized spacial score (nSPS) is 21.0. The van der Waals surface area contributed by atoms with Crippen LogP contribution in [0.3, 0.4) is 0 Å². The second-order valence-corrected chi connectivity index (χ2v) is 6.80. The summed E-state index contributed by atoms with van der Waals surface area (Å²) in [6, 6.07) is 7.96. The summed E-state index contributed by atoms with van der Waals surface area (Å²) in [6.07, 6.45) is 6.10. The van der Waals surface area contributed by atoms with E-state index in [9.17, 15) is 4.79 Å². The molecule has 21 heavy (non-hydrogen) atoms. The molecule has 0 spiro atoms. The standard InChI is InChI=1S/C18H27NO2/c1-18(2)11-4-3-10-16(18)17(21)19-15-9-5-7-14(13-15)8-6-12-20/h5,7,9,13,16,20H,3-4,6,8,10-12H2,1-2H3,(H,19,21). The largest absolute Gasteiger partial charge is 0.396 e. The smallest absolute Gasteiger partial charge is 0.228 e. The number of aliphatic hydroxyl groups excluding tert-OH is 1. The van der Waals surface area contributed by atoms with Crippen LogP contribution in [0.4, 0.5) is 5.69 Å². The van der Waals surface area contributed by atoms with E-state index >= 15 is 0 Å². The van der Waals surface area contributed by atoms with E-state index in [1.165, 1.54) is 6.42 Å². The van der Waals surface area contributed by atoms with Crippen molar-refractivity contribution in [3.8, 4) is 0 Å². The van der Waals surface area contributed by atoms with Crippen LogP contribution in [0.1, 0.15) is 51.5 Å². The van der Waals surface area contributed by atoms with Gasteiger partial charge < -0.3 is 10.4 Å². The first-order valence-corrected chi connectivity index (χ1v) is 8.03. The lowest BCUT2D eigenvalue weighted by atomic mass is 9.68. The van der Waals surface area contributed by atoms with Crippen molar-refractivity contribution in [2.75, 3.05) is 11.9 Å². The summed E-state index contributed by atoms with van der Waals surface area (Å²) in [5, 5.41) is 12.0. The van der Waals surface area contributed by atoms with E-state index in [1.807, 2.05) is 24.3 Å². The van der Waals surface area contributed by atoms with Gasteiger partial charge in [0.15, 0.2) is 0 Å². The van der Waals surface area contributed by atoms with Crippen LogP contribution in [0.5, 0.6) is 0 Å². The molecule has 2 N–H and O–H groups in total. The number of nitrogens with one attached hydrogen (secondary N) is 1. The topological polar surface area (TPSA) is 49.3 Å². The molecule has 1 unspecified atom stereocenters. The summed E-state index contributed by atoms with van der Waals surface area (Å²) >= 11 is 0. The van der Waals surface area contributed by atoms with Gasteiger partial charge >= 0.3 is 0 Å². The van der Waals surface area contributed by atoms with Crippen molar-refractivity contribution < 1.29 is 9.90 Å². The summed E-state index contributed by atoms with van der Waals surface area (Å²) in [5.74, 6) is 0.256. The highest BCUT2D eigenvalue weighted by atomic mass is 16.2. The zero-order chi connectivity index (χ0) is 15.3. The third-order valence-corrected chi connectivity index (χ3v) is 4.64. The molecule has 116 valence electrons. The fraction of sp³-hybridized carbons (Fsp3) is 0.611. The zero-order valence-electron chi connectivity index (χ0n) is 13.2. The Morgan fingerprint density at radius 3 is 2.90 bits per heavy atom. The first-order valence-electron chi connectivity index (χ1n) is 8.03. The van der Waals surface area contributed by atoms with Gasteiger partial charge in [-0.3, -0.25) is 4.79 Å². The minimum atomic E-state index is 0.0941. The van der Waals surface area contributed by atoms with Gasteiger partial charge in [-0.15, -0.1) is 0 Å². The molecule has 0 saturated heterocycles. The van der Waals surface area contributed by atoms with Crippen molar-refractivity contribution in [1.82, 2.24) is 0 Å². The molecule has 1 aliphatic carbocycles. The molecule has 2 rings (SSSR count). The molecule has 1 aromatic rings. The van der Waals surface area contributed by atoms with E-state index in [1.54, 1.807) is 0 Å². The van der Waals surface area contributed by atoms with E-state index < -0.39 is 0 Å². The number of aliphatic hydroxyl groups is 1. The van der Waals surface area contributed by atoms with Gasteiger partial charge in [0.25, 0.3) is 0 Å². The Bertz CT molecular complexity index is 482. The maximum absolute atomic E-state index is 12.6. The van der Waals surface area contributed by atoms with E-state index in [0.29, 0.717) is 0 Å². The van der Waals surface area contributed by atoms with E-state index in [4.69, 9.17) is 5.11 Å². The van der Waals surface area contributed by atoms with E-state index in [-0.39, 0.29) is 23.8 Å². The number of carbonyl (C=O) groups excluding carboxylic acids is 1. The first kappa shape index (κ1) is 16.0. The second kappa shape index (κ2) is 7.08. The third kappa shape index (κ3) is 4.31. The van der Waals surface area contributed by atoms with Crippen LogP contribution >= 0.6 is 0 Å². The van der Waals surface area contributed by atoms with Gasteiger partial charge in [0.1, 0.15) is 0 Å². The highest BCUT2D eigenvalue weighted by molar-refractivity contribution is 5.93. The molecule has 1 atom stereocenters. The van der Waals surface area contributed by atoms with Crippen LogP contribution < -0.4 is 5.32 Å². The lowest BCUT2D eigenvalue weighted by Gasteiger charge is -2.37. The molecule has 3 nitrogen and oxygen atoms in total. The maximum atomic E-state index is 12.6. The molecular weight excluding hydrogens is 262 g/mol. The molecule has 0 aromatic heterocycles. The lowest BCUT2D eigenvalue weighted by Crippen LogP contribution is -2.37. The van der Waals surface area contributed by atoms with Gasteiger partial charge in [0.05, 0.1) is 0 Å². The summed E-state index contributed by atoms with van der Waals surface area (Å²) in [7, 11) is 0. The summed E-state index contributed by atoms with van der Waals surface area (Å²) in [4.78, 5) is 12.6. The fourth-order valence-corrected chi connectivity index (χ4v) is 3.30. The predicted molar refractivity (Wildman–Crippen MR) is 86.2 cm³/mol. The molecule has 0 radical (unpaired) electrons. The molecule has 1 amide bonds. The molecule has 1 aromatic carbocycles. The fourth-order valence-electron chi connectivity index (χ4n) is 3.30. The van der Waals surface area contributed by atoms with Crippen LogP contribution in [0.2, 0.25) is 0 Å². The van der Waals surface area contributed by atoms with Crippen molar-refractivity contribution in [2.45, 2.75) is 52.4 Å². The number of amides is 1. The van der Waals surface area contributed by atoms with Crippen molar-refractivity contribution in [3.05, 3.63) is 29.8 Å². The Morgan fingerprint density at radius 1 is 1.38 bits per heavy atom. The van der Waals surface area contributed by atoms with Gasteiger partial charge in [0, 0.05) is 18.2 Å². The Morgan fingerprint density at radius 2 is 2.19 bits per heavy atom. The number of anilines is 1. The quantitative estimate of drug-likeness (QED) is 0.867. The lowest BCUT2D eigenvalue weighted by molar-refractivity contribution is -0.124. The highest BCUT2D eigenvalue weighted by Gasteiger charge is 2.37. The summed E-state index contributed by atoms with van der Waals surface area (Å²) in [5.41, 5.74) is 2.12. The van der Waals surface area contributed by atoms with Crippen molar-refractivity contribution >= 4 is 11.6 Å². The van der Waals surface area contributed by atoms with E-state index in [0.717, 1.165) is 43.4 Å². The van der Waals surface area contributed by atoms with Crippen molar-refractivity contribution in [1.29, 1.82) is 0 Å². The van der Waals surface area contributed by atoms with Gasteiger partial charge in [-0.2, -0.15) is 0 Å². The average Bonchev–Trinajstić information content (AvgIpc) is 2.45. The van der Waals surface area contributed by atoms with Gasteiger partial charge in [-0.05, 0) is 48.8 Å². The number of aryl methyl sites for hydroxylation is 1. The highest BCUT2D eigenvalue weighted by Crippen LogP contribution is 2.41. The number of carbonyl (C=O) groups is 1. The summed E-state index contributed by atoms with van der Waals surface area (Å²) < 4.78 is 0. The molecule has 0 bridgehead atoms. The number of hydrogen-bond acceptors (Lipinski definition) is 2. The zero-order valence-corrected chi connectivity index (χ0v) is 13.2. The predicted octanol–water partition coefficient (Wildman–Crippen LogP) is 3.77. The Balaban J connectivity index is 2.02.